The first kappa shape index (κ1) is 15.4. The van der Waals surface area contributed by atoms with Crippen molar-refractivity contribution in [2.45, 2.75) is 36.7 Å². The zero-order chi connectivity index (χ0) is 14.5. The van der Waals surface area contributed by atoms with Crippen LogP contribution in [-0.2, 0) is 0 Å². The van der Waals surface area contributed by atoms with Gasteiger partial charge in [0, 0.05) is 17.8 Å². The number of hydrogen-bond donors (Lipinski definition) is 1. The van der Waals surface area contributed by atoms with Gasteiger partial charge in [-0.25, -0.2) is 0 Å². The summed E-state index contributed by atoms with van der Waals surface area (Å²) in [5.74, 6) is 0. The number of nitriles is 1. The number of aliphatic hydroxyl groups excluding tert-OH is 1. The van der Waals surface area contributed by atoms with Gasteiger partial charge in [0.2, 0.25) is 0 Å². The molecule has 3 atom stereocenters. The first-order valence-corrected chi connectivity index (χ1v) is 8.35. The molecule has 0 radical (unpaired) electrons. The summed E-state index contributed by atoms with van der Waals surface area (Å²) in [5.41, 5.74) is 1.52. The summed E-state index contributed by atoms with van der Waals surface area (Å²) in [6.45, 7) is 0.646. The average Bonchev–Trinajstić information content (AvgIpc) is 2.95. The van der Waals surface area contributed by atoms with Crippen molar-refractivity contribution in [3.8, 4) is 6.07 Å². The Labute approximate surface area is 125 Å². The smallest absolute Gasteiger partial charge is 0.0991 e. The van der Waals surface area contributed by atoms with E-state index in [1.54, 1.807) is 12.1 Å². The molecule has 3 unspecified atom stereocenters. The fourth-order valence-electron chi connectivity index (χ4n) is 2.98. The standard InChI is InChI=1S/C16H22N2OS/c1-18(14-4-3-5-16(14)20-2)11-15(19)13-8-6-12(10-17)7-9-13/h6-9,14-16,19H,3-5,11H2,1-2H3. The Kier molecular flexibility index (Phi) is 5.47. The summed E-state index contributed by atoms with van der Waals surface area (Å²) in [4.78, 5) is 2.29. The number of benzene rings is 1. The van der Waals surface area contributed by atoms with Gasteiger partial charge in [0.05, 0.1) is 17.7 Å². The summed E-state index contributed by atoms with van der Waals surface area (Å²) in [6.07, 6.45) is 5.47. The van der Waals surface area contributed by atoms with Crippen LogP contribution in [0.3, 0.4) is 0 Å². The van der Waals surface area contributed by atoms with Crippen molar-refractivity contribution >= 4 is 11.8 Å². The molecule has 0 saturated heterocycles. The maximum absolute atomic E-state index is 10.3. The van der Waals surface area contributed by atoms with E-state index in [2.05, 4.69) is 24.3 Å². The molecule has 0 heterocycles. The molecule has 1 aliphatic rings. The van der Waals surface area contributed by atoms with E-state index >= 15 is 0 Å². The summed E-state index contributed by atoms with van der Waals surface area (Å²) in [6, 6.07) is 9.88. The number of nitrogens with zero attached hydrogens (tertiary/aromatic N) is 2. The van der Waals surface area contributed by atoms with Gasteiger partial charge in [0.1, 0.15) is 0 Å². The van der Waals surface area contributed by atoms with E-state index in [9.17, 15) is 5.11 Å². The lowest BCUT2D eigenvalue weighted by Crippen LogP contribution is -2.38. The molecule has 108 valence electrons. The quantitative estimate of drug-likeness (QED) is 0.906. The number of aliphatic hydroxyl groups is 1. The third kappa shape index (κ3) is 3.54. The van der Waals surface area contributed by atoms with Crippen LogP contribution in [0.2, 0.25) is 0 Å². The molecule has 1 N–H and O–H groups in total. The summed E-state index contributed by atoms with van der Waals surface area (Å²) >= 11 is 1.94. The van der Waals surface area contributed by atoms with Gasteiger partial charge in [0.25, 0.3) is 0 Å². The number of rotatable bonds is 5. The third-order valence-electron chi connectivity index (χ3n) is 4.17. The average molecular weight is 290 g/mol. The Morgan fingerprint density at radius 2 is 2.10 bits per heavy atom. The first-order chi connectivity index (χ1) is 9.65. The zero-order valence-corrected chi connectivity index (χ0v) is 12.9. The van der Waals surface area contributed by atoms with Crippen LogP contribution in [0.4, 0.5) is 0 Å². The van der Waals surface area contributed by atoms with Gasteiger partial charge in [-0.3, -0.25) is 4.90 Å². The van der Waals surface area contributed by atoms with Crippen molar-refractivity contribution in [2.75, 3.05) is 19.8 Å². The van der Waals surface area contributed by atoms with E-state index in [4.69, 9.17) is 5.26 Å². The Bertz CT molecular complexity index is 468. The van der Waals surface area contributed by atoms with Crippen molar-refractivity contribution in [1.29, 1.82) is 5.26 Å². The molecule has 2 rings (SSSR count). The van der Waals surface area contributed by atoms with Crippen LogP contribution in [0.25, 0.3) is 0 Å². The Morgan fingerprint density at radius 1 is 1.40 bits per heavy atom. The molecule has 1 aromatic carbocycles. The minimum Gasteiger partial charge on any atom is -0.387 e. The van der Waals surface area contributed by atoms with E-state index in [1.807, 2.05) is 23.9 Å². The highest BCUT2D eigenvalue weighted by Crippen LogP contribution is 2.32. The highest BCUT2D eigenvalue weighted by molar-refractivity contribution is 7.99. The fraction of sp³-hybridized carbons (Fsp3) is 0.562. The molecule has 1 aromatic rings. The van der Waals surface area contributed by atoms with Crippen LogP contribution in [0, 0.1) is 11.3 Å². The van der Waals surface area contributed by atoms with E-state index < -0.39 is 6.10 Å². The van der Waals surface area contributed by atoms with Crippen LogP contribution in [0.5, 0.6) is 0 Å². The minimum atomic E-state index is -0.490. The monoisotopic (exact) mass is 290 g/mol. The van der Waals surface area contributed by atoms with Gasteiger partial charge < -0.3 is 5.11 Å². The second-order valence-electron chi connectivity index (χ2n) is 5.46. The lowest BCUT2D eigenvalue weighted by Gasteiger charge is -2.30. The summed E-state index contributed by atoms with van der Waals surface area (Å²) in [7, 11) is 2.10. The molecule has 0 aromatic heterocycles. The fourth-order valence-corrected chi connectivity index (χ4v) is 4.04. The Balaban J connectivity index is 1.96. The zero-order valence-electron chi connectivity index (χ0n) is 12.1. The molecule has 0 amide bonds. The lowest BCUT2D eigenvalue weighted by atomic mass is 10.1. The Morgan fingerprint density at radius 3 is 2.70 bits per heavy atom. The van der Waals surface area contributed by atoms with Gasteiger partial charge >= 0.3 is 0 Å². The highest BCUT2D eigenvalue weighted by Gasteiger charge is 2.30. The molecular formula is C16H22N2OS. The van der Waals surface area contributed by atoms with Crippen molar-refractivity contribution in [2.24, 2.45) is 0 Å². The predicted molar refractivity (Wildman–Crippen MR) is 83.7 cm³/mol. The summed E-state index contributed by atoms with van der Waals surface area (Å²) in [5, 5.41) is 19.8. The van der Waals surface area contributed by atoms with Crippen molar-refractivity contribution < 1.29 is 5.11 Å². The minimum absolute atomic E-state index is 0.490. The van der Waals surface area contributed by atoms with E-state index in [0.717, 1.165) is 5.56 Å². The maximum Gasteiger partial charge on any atom is 0.0991 e. The molecule has 1 aliphatic carbocycles. The van der Waals surface area contributed by atoms with E-state index in [0.29, 0.717) is 23.4 Å². The summed E-state index contributed by atoms with van der Waals surface area (Å²) < 4.78 is 0. The molecule has 1 saturated carbocycles. The molecule has 3 nitrogen and oxygen atoms in total. The molecular weight excluding hydrogens is 268 g/mol. The Hall–Kier alpha value is -1.02. The molecule has 20 heavy (non-hydrogen) atoms. The second kappa shape index (κ2) is 7.12. The van der Waals surface area contributed by atoms with Crippen molar-refractivity contribution in [3.63, 3.8) is 0 Å². The molecule has 4 heteroatoms. The molecule has 0 bridgehead atoms. The van der Waals surface area contributed by atoms with Gasteiger partial charge in [-0.05, 0) is 43.8 Å². The predicted octanol–water partition coefficient (Wildman–Crippen LogP) is 2.81. The molecule has 1 fully saturated rings. The second-order valence-corrected chi connectivity index (χ2v) is 6.54. The van der Waals surface area contributed by atoms with Crippen LogP contribution in [0.15, 0.2) is 24.3 Å². The SMILES string of the molecule is CSC1CCCC1N(C)CC(O)c1ccc(C#N)cc1. The van der Waals surface area contributed by atoms with Crippen molar-refractivity contribution in [1.82, 2.24) is 4.90 Å². The van der Waals surface area contributed by atoms with Crippen LogP contribution < -0.4 is 0 Å². The molecule has 0 aliphatic heterocycles. The largest absolute Gasteiger partial charge is 0.387 e. The van der Waals surface area contributed by atoms with Crippen LogP contribution in [-0.4, -0.2) is 41.1 Å². The van der Waals surface area contributed by atoms with Crippen LogP contribution in [0.1, 0.15) is 36.5 Å². The first-order valence-electron chi connectivity index (χ1n) is 7.07. The number of thioether (sulfide) groups is 1. The van der Waals surface area contributed by atoms with Gasteiger partial charge in [-0.1, -0.05) is 18.6 Å². The van der Waals surface area contributed by atoms with Gasteiger partial charge in [-0.2, -0.15) is 17.0 Å². The third-order valence-corrected chi connectivity index (χ3v) is 5.33. The van der Waals surface area contributed by atoms with E-state index in [1.165, 1.54) is 19.3 Å². The van der Waals surface area contributed by atoms with Crippen LogP contribution >= 0.6 is 11.8 Å². The highest BCUT2D eigenvalue weighted by atomic mass is 32.2. The molecule has 0 spiro atoms. The van der Waals surface area contributed by atoms with Crippen molar-refractivity contribution in [3.05, 3.63) is 35.4 Å². The maximum atomic E-state index is 10.3. The normalized spacial score (nSPS) is 23.8. The topological polar surface area (TPSA) is 47.3 Å². The lowest BCUT2D eigenvalue weighted by molar-refractivity contribution is 0.107. The van der Waals surface area contributed by atoms with E-state index in [-0.39, 0.29) is 0 Å². The van der Waals surface area contributed by atoms with Gasteiger partial charge in [-0.15, -0.1) is 0 Å². The number of likely N-dealkylation sites (N-methyl/N-ethyl adjacent to an activating group) is 1. The van der Waals surface area contributed by atoms with Gasteiger partial charge in [0.15, 0.2) is 0 Å². The number of hydrogen-bond acceptors (Lipinski definition) is 4.